The number of rotatable bonds is 3. The number of nitrogens with zero attached hydrogens (tertiary/aromatic N) is 1. The summed E-state index contributed by atoms with van der Waals surface area (Å²) < 4.78 is 10.3. The Bertz CT molecular complexity index is 842. The summed E-state index contributed by atoms with van der Waals surface area (Å²) in [6.45, 7) is 4.85. The van der Waals surface area contributed by atoms with E-state index in [1.807, 2.05) is 0 Å². The first-order valence-corrected chi connectivity index (χ1v) is 8.32. The van der Waals surface area contributed by atoms with Gasteiger partial charge in [0.05, 0.1) is 25.0 Å². The molecule has 0 aromatic heterocycles. The average Bonchev–Trinajstić information content (AvgIpc) is 2.66. The van der Waals surface area contributed by atoms with Crippen molar-refractivity contribution in [3.8, 4) is 5.75 Å². The second kappa shape index (κ2) is 6.80. The highest BCUT2D eigenvalue weighted by Gasteiger charge is 2.30. The molecule has 0 saturated heterocycles. The Labute approximate surface area is 151 Å². The van der Waals surface area contributed by atoms with E-state index in [0.29, 0.717) is 22.8 Å². The number of fused-ring (bicyclic) bond motifs is 1. The molecule has 0 spiro atoms. The first-order chi connectivity index (χ1) is 12.3. The van der Waals surface area contributed by atoms with Crippen LogP contribution in [0.25, 0.3) is 0 Å². The van der Waals surface area contributed by atoms with Gasteiger partial charge < -0.3 is 9.47 Å². The van der Waals surface area contributed by atoms with Gasteiger partial charge in [-0.2, -0.15) is 5.06 Å². The number of hydroxylamine groups is 1. The van der Waals surface area contributed by atoms with Crippen molar-refractivity contribution in [2.24, 2.45) is 0 Å². The van der Waals surface area contributed by atoms with Gasteiger partial charge in [0.15, 0.2) is 0 Å². The van der Waals surface area contributed by atoms with E-state index in [0.717, 1.165) is 17.7 Å². The molecule has 0 atom stereocenters. The Hall–Kier alpha value is -2.86. The van der Waals surface area contributed by atoms with E-state index in [1.54, 1.807) is 18.2 Å². The smallest absolute Gasteiger partial charge is 0.337 e. The molecular weight excluding hydrogens is 334 g/mol. The minimum Gasteiger partial charge on any atom is -0.493 e. The van der Waals surface area contributed by atoms with Gasteiger partial charge in [-0.25, -0.2) is 4.79 Å². The van der Waals surface area contributed by atoms with Gasteiger partial charge in [0.25, 0.3) is 5.91 Å². The van der Waals surface area contributed by atoms with Gasteiger partial charge in [0.2, 0.25) is 0 Å². The van der Waals surface area contributed by atoms with Crippen LogP contribution in [-0.4, -0.2) is 30.8 Å². The normalized spacial score (nSPS) is 14.8. The Kier molecular flexibility index (Phi) is 4.70. The predicted octanol–water partition coefficient (Wildman–Crippen LogP) is 3.57. The van der Waals surface area contributed by atoms with Gasteiger partial charge in [-0.05, 0) is 54.3 Å². The van der Waals surface area contributed by atoms with E-state index in [1.165, 1.54) is 31.4 Å². The molecule has 6 heteroatoms. The molecule has 1 aliphatic heterocycles. The molecular formula is C20H21NO5. The zero-order valence-electron chi connectivity index (χ0n) is 15.0. The third-order valence-corrected chi connectivity index (χ3v) is 4.67. The molecule has 1 aliphatic rings. The summed E-state index contributed by atoms with van der Waals surface area (Å²) in [5.41, 5.74) is 1.80. The Morgan fingerprint density at radius 3 is 2.42 bits per heavy atom. The van der Waals surface area contributed by atoms with Crippen LogP contribution in [0.5, 0.6) is 5.75 Å². The summed E-state index contributed by atoms with van der Waals surface area (Å²) in [4.78, 5) is 24.1. The molecule has 0 bridgehead atoms. The molecule has 2 aromatic rings. The summed E-state index contributed by atoms with van der Waals surface area (Å²) in [5.74, 6) is -0.269. The van der Waals surface area contributed by atoms with Crippen molar-refractivity contribution >= 4 is 17.6 Å². The summed E-state index contributed by atoms with van der Waals surface area (Å²) in [6.07, 6.45) is 0.857. The lowest BCUT2D eigenvalue weighted by atomic mass is 9.79. The topological polar surface area (TPSA) is 76.1 Å². The maximum Gasteiger partial charge on any atom is 0.337 e. The summed E-state index contributed by atoms with van der Waals surface area (Å²) in [6, 6.07) is 11.1. The number of anilines is 1. The fraction of sp³-hybridized carbons (Fsp3) is 0.300. The van der Waals surface area contributed by atoms with Crippen LogP contribution in [0.1, 0.15) is 46.5 Å². The van der Waals surface area contributed by atoms with E-state index in [2.05, 4.69) is 18.6 Å². The number of hydrogen-bond acceptors (Lipinski definition) is 5. The molecule has 2 aromatic carbocycles. The highest BCUT2D eigenvalue weighted by atomic mass is 16.5. The van der Waals surface area contributed by atoms with E-state index < -0.39 is 11.9 Å². The number of hydrogen-bond donors (Lipinski definition) is 1. The van der Waals surface area contributed by atoms with Gasteiger partial charge in [-0.15, -0.1) is 0 Å². The van der Waals surface area contributed by atoms with Crippen molar-refractivity contribution in [1.29, 1.82) is 0 Å². The minimum atomic E-state index is -0.556. The number of carbonyl (C=O) groups is 2. The zero-order valence-corrected chi connectivity index (χ0v) is 15.0. The fourth-order valence-corrected chi connectivity index (χ4v) is 2.96. The number of esters is 1. The molecule has 1 heterocycles. The third kappa shape index (κ3) is 3.28. The standard InChI is InChI=1S/C20H21NO5/c1-20(2)10-11-26-17-9-6-14(12-16(17)20)18(22)21(24)15-7-4-13(5-8-15)19(23)25-3/h4-9,12,24H,10-11H2,1-3H3. The van der Waals surface area contributed by atoms with Crippen LogP contribution < -0.4 is 9.80 Å². The summed E-state index contributed by atoms with van der Waals surface area (Å²) in [7, 11) is 1.29. The van der Waals surface area contributed by atoms with Crippen LogP contribution in [0.3, 0.4) is 0 Å². The first-order valence-electron chi connectivity index (χ1n) is 8.32. The third-order valence-electron chi connectivity index (χ3n) is 4.67. The Morgan fingerprint density at radius 1 is 1.12 bits per heavy atom. The van der Waals surface area contributed by atoms with Crippen LogP contribution in [0, 0.1) is 0 Å². The number of ether oxygens (including phenoxy) is 2. The first kappa shape index (κ1) is 17.9. The molecule has 1 N–H and O–H groups in total. The lowest BCUT2D eigenvalue weighted by molar-refractivity contribution is 0.0600. The van der Waals surface area contributed by atoms with E-state index in [4.69, 9.17) is 4.74 Å². The number of carbonyl (C=O) groups excluding carboxylic acids is 2. The molecule has 6 nitrogen and oxygen atoms in total. The van der Waals surface area contributed by atoms with E-state index in [-0.39, 0.29) is 11.1 Å². The predicted molar refractivity (Wildman–Crippen MR) is 96.0 cm³/mol. The number of benzene rings is 2. The van der Waals surface area contributed by atoms with Crippen LogP contribution in [0.4, 0.5) is 5.69 Å². The van der Waals surface area contributed by atoms with E-state index in [9.17, 15) is 14.8 Å². The maximum absolute atomic E-state index is 12.7. The summed E-state index contributed by atoms with van der Waals surface area (Å²) >= 11 is 0. The molecule has 26 heavy (non-hydrogen) atoms. The molecule has 0 fully saturated rings. The van der Waals surface area contributed by atoms with Crippen molar-refractivity contribution in [2.75, 3.05) is 18.8 Å². The summed E-state index contributed by atoms with van der Waals surface area (Å²) in [5, 5.41) is 10.9. The molecule has 136 valence electrons. The molecule has 0 saturated carbocycles. The monoisotopic (exact) mass is 355 g/mol. The van der Waals surface area contributed by atoms with Crippen LogP contribution in [0.15, 0.2) is 42.5 Å². The van der Waals surface area contributed by atoms with E-state index >= 15 is 0 Å². The lowest BCUT2D eigenvalue weighted by Crippen LogP contribution is -2.30. The van der Waals surface area contributed by atoms with Crippen molar-refractivity contribution < 1.29 is 24.3 Å². The average molecular weight is 355 g/mol. The highest BCUT2D eigenvalue weighted by Crippen LogP contribution is 2.38. The van der Waals surface area contributed by atoms with Crippen LogP contribution in [-0.2, 0) is 10.2 Å². The minimum absolute atomic E-state index is 0.105. The fourth-order valence-electron chi connectivity index (χ4n) is 2.96. The van der Waals surface area contributed by atoms with Crippen molar-refractivity contribution in [2.45, 2.75) is 25.7 Å². The molecule has 0 unspecified atom stereocenters. The lowest BCUT2D eigenvalue weighted by Gasteiger charge is -2.32. The zero-order chi connectivity index (χ0) is 18.9. The molecule has 0 radical (unpaired) electrons. The molecule has 0 aliphatic carbocycles. The maximum atomic E-state index is 12.7. The second-order valence-corrected chi connectivity index (χ2v) is 6.85. The van der Waals surface area contributed by atoms with Gasteiger partial charge in [-0.3, -0.25) is 10.0 Å². The van der Waals surface area contributed by atoms with Crippen molar-refractivity contribution in [3.05, 3.63) is 59.2 Å². The molecule has 3 rings (SSSR count). The number of methoxy groups -OCH3 is 1. The van der Waals surface area contributed by atoms with Crippen LogP contribution >= 0.6 is 0 Å². The Morgan fingerprint density at radius 2 is 1.77 bits per heavy atom. The SMILES string of the molecule is COC(=O)c1ccc(N(O)C(=O)c2ccc3c(c2)C(C)(C)CCO3)cc1. The Balaban J connectivity index is 1.86. The van der Waals surface area contributed by atoms with Gasteiger partial charge in [0.1, 0.15) is 5.75 Å². The number of amides is 1. The molecule has 1 amide bonds. The highest BCUT2D eigenvalue weighted by molar-refractivity contribution is 6.05. The van der Waals surface area contributed by atoms with Crippen LogP contribution in [0.2, 0.25) is 0 Å². The van der Waals surface area contributed by atoms with Crippen molar-refractivity contribution in [3.63, 3.8) is 0 Å². The van der Waals surface area contributed by atoms with Crippen molar-refractivity contribution in [1.82, 2.24) is 0 Å². The largest absolute Gasteiger partial charge is 0.493 e. The quantitative estimate of drug-likeness (QED) is 0.517. The second-order valence-electron chi connectivity index (χ2n) is 6.85. The van der Waals surface area contributed by atoms with Gasteiger partial charge >= 0.3 is 5.97 Å². The van der Waals surface area contributed by atoms with Gasteiger partial charge in [0, 0.05) is 11.1 Å². The van der Waals surface area contributed by atoms with Gasteiger partial charge in [-0.1, -0.05) is 13.8 Å².